The van der Waals surface area contributed by atoms with Gasteiger partial charge in [-0.3, -0.25) is 9.59 Å². The quantitative estimate of drug-likeness (QED) is 0.426. The number of amides is 1. The van der Waals surface area contributed by atoms with Crippen molar-refractivity contribution in [2.24, 2.45) is 0 Å². The Balaban J connectivity index is 2.15. The number of H-pyrrole nitrogens is 1. The van der Waals surface area contributed by atoms with Crippen LogP contribution in [0.4, 0.5) is 23.2 Å². The molecule has 1 amide bonds. The molecular weight excluding hydrogens is 428 g/mol. The minimum Gasteiger partial charge on any atom is -0.456 e. The molecule has 0 aliphatic carbocycles. The Morgan fingerprint density at radius 1 is 1.09 bits per heavy atom. The van der Waals surface area contributed by atoms with Gasteiger partial charge >= 0.3 is 6.18 Å². The molecular formula is C23H16F4N2O3. The van der Waals surface area contributed by atoms with Gasteiger partial charge in [-0.1, -0.05) is 5.92 Å². The molecule has 0 aliphatic rings. The number of nitrogens with one attached hydrogen (secondary N) is 2. The maximum Gasteiger partial charge on any atom is 0.417 e. The van der Waals surface area contributed by atoms with Crippen molar-refractivity contribution >= 4 is 11.6 Å². The van der Waals surface area contributed by atoms with Crippen LogP contribution in [-0.4, -0.2) is 10.9 Å². The lowest BCUT2D eigenvalue weighted by atomic mass is 10.0. The van der Waals surface area contributed by atoms with E-state index in [0.29, 0.717) is 11.6 Å². The van der Waals surface area contributed by atoms with Gasteiger partial charge in [0, 0.05) is 23.5 Å². The highest BCUT2D eigenvalue weighted by Crippen LogP contribution is 2.38. The minimum absolute atomic E-state index is 0.0775. The van der Waals surface area contributed by atoms with Crippen molar-refractivity contribution < 1.29 is 27.1 Å². The number of ether oxygens (including phenoxy) is 1. The molecule has 0 spiro atoms. The molecule has 0 fully saturated rings. The minimum atomic E-state index is -4.79. The average Bonchev–Trinajstić information content (AvgIpc) is 2.69. The van der Waals surface area contributed by atoms with Gasteiger partial charge in [-0.15, -0.1) is 5.92 Å². The van der Waals surface area contributed by atoms with E-state index in [9.17, 15) is 27.2 Å². The molecule has 2 aromatic carbocycles. The summed E-state index contributed by atoms with van der Waals surface area (Å²) in [5, 5.41) is 2.38. The monoisotopic (exact) mass is 444 g/mol. The van der Waals surface area contributed by atoms with Crippen molar-refractivity contribution in [3.05, 3.63) is 87.1 Å². The third-order valence-corrected chi connectivity index (χ3v) is 4.32. The number of hydrogen-bond acceptors (Lipinski definition) is 3. The smallest absolute Gasteiger partial charge is 0.417 e. The van der Waals surface area contributed by atoms with Crippen molar-refractivity contribution in [2.45, 2.75) is 20.0 Å². The summed E-state index contributed by atoms with van der Waals surface area (Å²) in [5.41, 5.74) is -2.01. The van der Waals surface area contributed by atoms with Crippen LogP contribution in [0, 0.1) is 24.6 Å². The van der Waals surface area contributed by atoms with Crippen molar-refractivity contribution in [1.82, 2.24) is 4.98 Å². The molecule has 5 nitrogen and oxygen atoms in total. The van der Waals surface area contributed by atoms with Crippen LogP contribution in [-0.2, 0) is 6.18 Å². The third kappa shape index (κ3) is 5.16. The number of hydrogen-bond donors (Lipinski definition) is 2. The van der Waals surface area contributed by atoms with Crippen LogP contribution in [0.2, 0.25) is 0 Å². The molecule has 0 saturated heterocycles. The summed E-state index contributed by atoms with van der Waals surface area (Å²) in [5.74, 6) is 3.25. The summed E-state index contributed by atoms with van der Waals surface area (Å²) in [6.45, 7) is 2.92. The van der Waals surface area contributed by atoms with Gasteiger partial charge in [-0.2, -0.15) is 13.2 Å². The molecule has 0 bridgehead atoms. The molecule has 1 aromatic heterocycles. The van der Waals surface area contributed by atoms with Crippen LogP contribution < -0.4 is 15.6 Å². The standard InChI is InChI=1S/C23H16F4N2O3/c1-3-4-14-10-20(32-19-6-5-15(24)9-13(19)2)17(12-18(14)23(25,26)27)22(31)29-16-7-8-28-21(30)11-16/h5-12H,1-2H3,(H2,28,29,30,31). The summed E-state index contributed by atoms with van der Waals surface area (Å²) in [6.07, 6.45) is -3.51. The summed E-state index contributed by atoms with van der Waals surface area (Å²) < 4.78 is 60.0. The van der Waals surface area contributed by atoms with Crippen LogP contribution in [0.25, 0.3) is 0 Å². The highest BCUT2D eigenvalue weighted by Gasteiger charge is 2.35. The second-order valence-corrected chi connectivity index (χ2v) is 6.67. The Morgan fingerprint density at radius 2 is 1.84 bits per heavy atom. The second kappa shape index (κ2) is 8.98. The number of aryl methyl sites for hydroxylation is 1. The SMILES string of the molecule is CC#Cc1cc(Oc2ccc(F)cc2C)c(C(=O)Nc2cc[nH]c(=O)c2)cc1C(F)(F)F. The molecule has 0 atom stereocenters. The molecule has 2 N–H and O–H groups in total. The molecule has 0 unspecified atom stereocenters. The van der Waals surface area contributed by atoms with Gasteiger partial charge in [0.05, 0.1) is 11.1 Å². The van der Waals surface area contributed by atoms with Crippen molar-refractivity contribution in [3.8, 4) is 23.3 Å². The zero-order valence-corrected chi connectivity index (χ0v) is 16.9. The maximum absolute atomic E-state index is 13.6. The lowest BCUT2D eigenvalue weighted by molar-refractivity contribution is -0.137. The van der Waals surface area contributed by atoms with Gasteiger partial charge in [0.2, 0.25) is 5.56 Å². The predicted molar refractivity (Wildman–Crippen MR) is 110 cm³/mol. The van der Waals surface area contributed by atoms with Gasteiger partial charge in [-0.05, 0) is 55.8 Å². The highest BCUT2D eigenvalue weighted by molar-refractivity contribution is 6.06. The van der Waals surface area contributed by atoms with Crippen LogP contribution in [0.5, 0.6) is 11.5 Å². The molecule has 3 aromatic rings. The first-order chi connectivity index (χ1) is 15.1. The van der Waals surface area contributed by atoms with E-state index in [-0.39, 0.29) is 22.7 Å². The first-order valence-electron chi connectivity index (χ1n) is 9.20. The molecule has 0 aliphatic heterocycles. The number of rotatable bonds is 4. The summed E-state index contributed by atoms with van der Waals surface area (Å²) in [4.78, 5) is 26.7. The van der Waals surface area contributed by atoms with Gasteiger partial charge in [0.25, 0.3) is 5.91 Å². The molecule has 0 radical (unpaired) electrons. The zero-order chi connectivity index (χ0) is 23.5. The fourth-order valence-corrected chi connectivity index (χ4v) is 2.88. The lowest BCUT2D eigenvalue weighted by Gasteiger charge is -2.17. The zero-order valence-electron chi connectivity index (χ0n) is 16.9. The normalized spacial score (nSPS) is 10.8. The second-order valence-electron chi connectivity index (χ2n) is 6.67. The number of carbonyl (C=O) groups excluding carboxylic acids is 1. The Bertz CT molecular complexity index is 1300. The Labute approximate surface area is 180 Å². The largest absolute Gasteiger partial charge is 0.456 e. The first-order valence-corrected chi connectivity index (χ1v) is 9.20. The number of halogens is 4. The van der Waals surface area contributed by atoms with Crippen molar-refractivity contribution in [2.75, 3.05) is 5.32 Å². The van der Waals surface area contributed by atoms with E-state index in [0.717, 1.165) is 18.2 Å². The van der Waals surface area contributed by atoms with E-state index in [1.54, 1.807) is 6.92 Å². The molecule has 1 heterocycles. The van der Waals surface area contributed by atoms with Crippen LogP contribution in [0.3, 0.4) is 0 Å². The van der Waals surface area contributed by atoms with Gasteiger partial charge < -0.3 is 15.0 Å². The number of alkyl halides is 3. The van der Waals surface area contributed by atoms with E-state index in [1.807, 2.05) is 0 Å². The van der Waals surface area contributed by atoms with Gasteiger partial charge in [0.15, 0.2) is 0 Å². The van der Waals surface area contributed by atoms with E-state index >= 15 is 0 Å². The number of carbonyl (C=O) groups is 1. The molecule has 32 heavy (non-hydrogen) atoms. The topological polar surface area (TPSA) is 71.2 Å². The molecule has 9 heteroatoms. The van der Waals surface area contributed by atoms with Crippen molar-refractivity contribution in [3.63, 3.8) is 0 Å². The van der Waals surface area contributed by atoms with Gasteiger partial charge in [0.1, 0.15) is 17.3 Å². The maximum atomic E-state index is 13.6. The lowest BCUT2D eigenvalue weighted by Crippen LogP contribution is -2.17. The molecule has 164 valence electrons. The average molecular weight is 444 g/mol. The summed E-state index contributed by atoms with van der Waals surface area (Å²) in [7, 11) is 0. The molecule has 0 saturated carbocycles. The predicted octanol–water partition coefficient (Wildman–Crippen LogP) is 5.26. The van der Waals surface area contributed by atoms with Crippen molar-refractivity contribution in [1.29, 1.82) is 0 Å². The van der Waals surface area contributed by atoms with E-state index in [1.165, 1.54) is 31.3 Å². The number of aromatic amines is 1. The molecule has 3 rings (SSSR count). The number of benzene rings is 2. The fourth-order valence-electron chi connectivity index (χ4n) is 2.88. The van der Waals surface area contributed by atoms with Crippen LogP contribution >= 0.6 is 0 Å². The Morgan fingerprint density at radius 3 is 2.47 bits per heavy atom. The Kier molecular flexibility index (Phi) is 6.35. The Hall–Kier alpha value is -4.06. The highest BCUT2D eigenvalue weighted by atomic mass is 19.4. The van der Waals surface area contributed by atoms with Gasteiger partial charge in [-0.25, -0.2) is 4.39 Å². The summed E-state index contributed by atoms with van der Waals surface area (Å²) in [6, 6.07) is 7.68. The third-order valence-electron chi connectivity index (χ3n) is 4.32. The van der Waals surface area contributed by atoms with Crippen LogP contribution in [0.1, 0.15) is 34.0 Å². The van der Waals surface area contributed by atoms with E-state index in [4.69, 9.17) is 4.74 Å². The first kappa shape index (κ1) is 22.6. The summed E-state index contributed by atoms with van der Waals surface area (Å²) >= 11 is 0. The number of pyridine rings is 1. The number of anilines is 1. The number of aromatic nitrogens is 1. The van der Waals surface area contributed by atoms with E-state index in [2.05, 4.69) is 22.1 Å². The van der Waals surface area contributed by atoms with E-state index < -0.39 is 34.6 Å². The fraction of sp³-hybridized carbons (Fsp3) is 0.130. The van der Waals surface area contributed by atoms with Crippen LogP contribution in [0.15, 0.2) is 53.5 Å².